The van der Waals surface area contributed by atoms with Gasteiger partial charge in [0.15, 0.2) is 0 Å². The van der Waals surface area contributed by atoms with Crippen molar-refractivity contribution in [3.8, 4) is 0 Å². The van der Waals surface area contributed by atoms with Crippen LogP contribution in [0.4, 0.5) is 26.3 Å². The van der Waals surface area contributed by atoms with Gasteiger partial charge in [-0.3, -0.25) is 9.69 Å². The first-order chi connectivity index (χ1) is 13.6. The van der Waals surface area contributed by atoms with Gasteiger partial charge in [-0.2, -0.15) is 26.3 Å². The van der Waals surface area contributed by atoms with Gasteiger partial charge < -0.3 is 20.3 Å². The molecular formula is C16H26F6N2O6. The topological polar surface area (TPSA) is 116 Å². The second-order valence-corrected chi connectivity index (χ2v) is 5.94. The highest BCUT2D eigenvalue weighted by molar-refractivity contribution is 5.73. The third-order valence-electron chi connectivity index (χ3n) is 3.53. The Balaban J connectivity index is 0. The van der Waals surface area contributed by atoms with Crippen LogP contribution in [0.1, 0.15) is 26.7 Å². The van der Waals surface area contributed by atoms with Crippen LogP contribution in [0, 0.1) is 5.92 Å². The van der Waals surface area contributed by atoms with Crippen LogP contribution in [0.15, 0.2) is 0 Å². The Labute approximate surface area is 169 Å². The number of hydrogen-bond acceptors (Lipinski definition) is 6. The van der Waals surface area contributed by atoms with Crippen molar-refractivity contribution in [3.63, 3.8) is 0 Å². The summed E-state index contributed by atoms with van der Waals surface area (Å²) < 4.78 is 68.4. The Morgan fingerprint density at radius 2 is 1.37 bits per heavy atom. The molecule has 0 aromatic rings. The fraction of sp³-hybridized carbons (Fsp3) is 0.812. The fourth-order valence-corrected chi connectivity index (χ4v) is 2.09. The molecule has 178 valence electrons. The van der Waals surface area contributed by atoms with E-state index in [1.807, 2.05) is 6.92 Å². The average Bonchev–Trinajstić information content (AvgIpc) is 2.61. The van der Waals surface area contributed by atoms with Crippen molar-refractivity contribution in [2.24, 2.45) is 5.92 Å². The quantitative estimate of drug-likeness (QED) is 0.411. The summed E-state index contributed by atoms with van der Waals surface area (Å²) >= 11 is 0. The lowest BCUT2D eigenvalue weighted by Crippen LogP contribution is -2.40. The number of piperidine rings is 1. The molecule has 0 unspecified atom stereocenters. The predicted molar refractivity (Wildman–Crippen MR) is 91.7 cm³/mol. The molecule has 14 heteroatoms. The van der Waals surface area contributed by atoms with Gasteiger partial charge in [0.2, 0.25) is 0 Å². The maximum atomic E-state index is 11.3. The lowest BCUT2D eigenvalue weighted by Gasteiger charge is -2.31. The fourth-order valence-electron chi connectivity index (χ4n) is 2.09. The van der Waals surface area contributed by atoms with Crippen molar-refractivity contribution in [1.82, 2.24) is 10.2 Å². The molecule has 1 aliphatic rings. The van der Waals surface area contributed by atoms with Crippen LogP contribution in [-0.4, -0.2) is 84.7 Å². The molecule has 1 aliphatic heterocycles. The van der Waals surface area contributed by atoms with Crippen LogP contribution >= 0.6 is 0 Å². The summed E-state index contributed by atoms with van der Waals surface area (Å²) in [4.78, 5) is 31.3. The number of nitrogens with one attached hydrogen (secondary N) is 1. The molecule has 1 rings (SSSR count). The molecule has 0 aromatic heterocycles. The van der Waals surface area contributed by atoms with Crippen molar-refractivity contribution in [2.45, 2.75) is 39.0 Å². The zero-order valence-electron chi connectivity index (χ0n) is 16.5. The highest BCUT2D eigenvalue weighted by Gasteiger charge is 2.38. The van der Waals surface area contributed by atoms with E-state index in [0.29, 0.717) is 13.2 Å². The van der Waals surface area contributed by atoms with Gasteiger partial charge in [-0.15, -0.1) is 0 Å². The van der Waals surface area contributed by atoms with E-state index in [-0.39, 0.29) is 5.97 Å². The van der Waals surface area contributed by atoms with Crippen LogP contribution in [-0.2, 0) is 19.1 Å². The number of esters is 1. The van der Waals surface area contributed by atoms with E-state index in [0.717, 1.165) is 32.1 Å². The molecule has 0 bridgehead atoms. The first-order valence-corrected chi connectivity index (χ1v) is 8.83. The van der Waals surface area contributed by atoms with Gasteiger partial charge >= 0.3 is 30.3 Å². The van der Waals surface area contributed by atoms with E-state index in [9.17, 15) is 31.1 Å². The van der Waals surface area contributed by atoms with Crippen molar-refractivity contribution in [3.05, 3.63) is 0 Å². The van der Waals surface area contributed by atoms with Crippen LogP contribution in [0.3, 0.4) is 0 Å². The molecule has 8 nitrogen and oxygen atoms in total. The number of carboxylic acids is 2. The van der Waals surface area contributed by atoms with Crippen molar-refractivity contribution < 1.29 is 55.7 Å². The smallest absolute Gasteiger partial charge is 0.475 e. The molecule has 1 saturated heterocycles. The zero-order chi connectivity index (χ0) is 24.0. The SMILES string of the molecule is CCNCC1CCN(CC(=O)OCC)CC1.O=C(O)C(F)(F)F.O=C(O)C(F)(F)F. The molecule has 0 atom stereocenters. The highest BCUT2D eigenvalue weighted by Crippen LogP contribution is 2.16. The third-order valence-corrected chi connectivity index (χ3v) is 3.53. The van der Waals surface area contributed by atoms with Crippen LogP contribution < -0.4 is 5.32 Å². The number of rotatable bonds is 6. The molecule has 0 saturated carbocycles. The minimum Gasteiger partial charge on any atom is -0.475 e. The predicted octanol–water partition coefficient (Wildman–Crippen LogP) is 2.14. The van der Waals surface area contributed by atoms with Crippen LogP contribution in [0.25, 0.3) is 0 Å². The number of ether oxygens (including phenoxy) is 1. The molecule has 30 heavy (non-hydrogen) atoms. The number of carbonyl (C=O) groups is 3. The number of hydrogen-bond donors (Lipinski definition) is 3. The van der Waals surface area contributed by atoms with Crippen molar-refractivity contribution >= 4 is 17.9 Å². The van der Waals surface area contributed by atoms with E-state index in [2.05, 4.69) is 17.1 Å². The molecule has 0 aromatic carbocycles. The summed E-state index contributed by atoms with van der Waals surface area (Å²) in [5.41, 5.74) is 0. The number of halogens is 6. The maximum absolute atomic E-state index is 11.3. The van der Waals surface area contributed by atoms with E-state index < -0.39 is 24.3 Å². The summed E-state index contributed by atoms with van der Waals surface area (Å²) in [7, 11) is 0. The second kappa shape index (κ2) is 14.8. The number of nitrogens with zero attached hydrogens (tertiary/aromatic N) is 1. The normalized spacial score (nSPS) is 15.2. The third kappa shape index (κ3) is 16.8. The molecule has 0 spiro atoms. The van der Waals surface area contributed by atoms with Gasteiger partial charge in [-0.25, -0.2) is 9.59 Å². The standard InChI is InChI=1S/C12H24N2O2.2C2HF3O2/c1-3-13-9-11-5-7-14(8-6-11)10-12(15)16-4-2;2*3-2(4,5)1(6)7/h11,13H,3-10H2,1-2H3;2*(H,6,7). The Kier molecular flexibility index (Phi) is 14.9. The Morgan fingerprint density at radius 3 is 1.67 bits per heavy atom. The number of likely N-dealkylation sites (tertiary alicyclic amines) is 1. The Morgan fingerprint density at radius 1 is 0.967 bits per heavy atom. The van der Waals surface area contributed by atoms with E-state index in [1.54, 1.807) is 0 Å². The van der Waals surface area contributed by atoms with Gasteiger partial charge in [0.05, 0.1) is 13.2 Å². The monoisotopic (exact) mass is 456 g/mol. The molecular weight excluding hydrogens is 430 g/mol. The Hall–Kier alpha value is -2.09. The molecule has 0 radical (unpaired) electrons. The summed E-state index contributed by atoms with van der Waals surface area (Å²) in [6, 6.07) is 0. The van der Waals surface area contributed by atoms with E-state index >= 15 is 0 Å². The number of carbonyl (C=O) groups excluding carboxylic acids is 1. The lowest BCUT2D eigenvalue weighted by molar-refractivity contribution is -0.193. The molecule has 1 heterocycles. The summed E-state index contributed by atoms with van der Waals surface area (Å²) in [6.45, 7) is 9.13. The first kappa shape index (κ1) is 30.1. The summed E-state index contributed by atoms with van der Waals surface area (Å²) in [5, 5.41) is 17.6. The molecule has 1 fully saturated rings. The van der Waals surface area contributed by atoms with E-state index in [1.165, 1.54) is 12.8 Å². The van der Waals surface area contributed by atoms with Crippen molar-refractivity contribution in [1.29, 1.82) is 0 Å². The minimum absolute atomic E-state index is 0.0902. The summed E-state index contributed by atoms with van der Waals surface area (Å²) in [5.74, 6) is -4.83. The minimum atomic E-state index is -5.08. The largest absolute Gasteiger partial charge is 0.490 e. The average molecular weight is 456 g/mol. The molecule has 3 N–H and O–H groups in total. The van der Waals surface area contributed by atoms with Gasteiger partial charge in [-0.1, -0.05) is 6.92 Å². The molecule has 0 amide bonds. The maximum Gasteiger partial charge on any atom is 0.490 e. The van der Waals surface area contributed by atoms with Crippen LogP contribution in [0.5, 0.6) is 0 Å². The van der Waals surface area contributed by atoms with Gasteiger partial charge in [-0.05, 0) is 51.9 Å². The first-order valence-electron chi connectivity index (χ1n) is 8.83. The lowest BCUT2D eigenvalue weighted by atomic mass is 9.97. The molecule has 0 aliphatic carbocycles. The van der Waals surface area contributed by atoms with Gasteiger partial charge in [0.1, 0.15) is 0 Å². The zero-order valence-corrected chi connectivity index (χ0v) is 16.5. The van der Waals surface area contributed by atoms with Crippen LogP contribution in [0.2, 0.25) is 0 Å². The van der Waals surface area contributed by atoms with Gasteiger partial charge in [0.25, 0.3) is 0 Å². The number of aliphatic carboxylic acids is 2. The van der Waals surface area contributed by atoms with E-state index in [4.69, 9.17) is 24.5 Å². The highest BCUT2D eigenvalue weighted by atomic mass is 19.4. The summed E-state index contributed by atoms with van der Waals surface area (Å²) in [6.07, 6.45) is -7.79. The van der Waals surface area contributed by atoms with Crippen molar-refractivity contribution in [2.75, 3.05) is 39.3 Å². The van der Waals surface area contributed by atoms with Gasteiger partial charge in [0, 0.05) is 0 Å². The second-order valence-electron chi connectivity index (χ2n) is 5.94. The number of carboxylic acid groups (broad SMARTS) is 2. The number of alkyl halides is 6. The Bertz CT molecular complexity index is 495.